The molecule has 4 aromatic rings. The van der Waals surface area contributed by atoms with Crippen LogP contribution in [-0.2, 0) is 13.0 Å². The van der Waals surface area contributed by atoms with Crippen LogP contribution in [0.3, 0.4) is 0 Å². The second kappa shape index (κ2) is 12.7. The summed E-state index contributed by atoms with van der Waals surface area (Å²) >= 11 is 1.55. The van der Waals surface area contributed by atoms with E-state index < -0.39 is 22.2 Å². The predicted octanol–water partition coefficient (Wildman–Crippen LogP) is 6.48. The van der Waals surface area contributed by atoms with E-state index in [1.54, 1.807) is 35.4 Å². The second-order valence-electron chi connectivity index (χ2n) is 12.3. The van der Waals surface area contributed by atoms with Crippen LogP contribution in [-0.4, -0.2) is 63.9 Å². The van der Waals surface area contributed by atoms with E-state index in [2.05, 4.69) is 28.6 Å². The van der Waals surface area contributed by atoms with Crippen molar-refractivity contribution in [3.8, 4) is 16.9 Å². The number of pyridine rings is 2. The molecule has 2 aliphatic rings. The molecule has 0 N–H and O–H groups in total. The molecule has 6 nitrogen and oxygen atoms in total. The lowest BCUT2D eigenvalue weighted by Gasteiger charge is -2.38. The van der Waals surface area contributed by atoms with Gasteiger partial charge in [-0.05, 0) is 62.2 Å². The molecule has 2 aliphatic heterocycles. The molecule has 0 aliphatic carbocycles. The molecule has 2 aromatic carbocycles. The molecule has 0 saturated carbocycles. The summed E-state index contributed by atoms with van der Waals surface area (Å²) in [6, 6.07) is 14.2. The Morgan fingerprint density at radius 1 is 0.933 bits per heavy atom. The summed E-state index contributed by atoms with van der Waals surface area (Å²) in [5, 5.41) is 0.677. The minimum atomic E-state index is -0.657. The van der Waals surface area contributed by atoms with Crippen LogP contribution in [0.1, 0.15) is 42.3 Å². The lowest BCUT2D eigenvalue weighted by atomic mass is 9.93. The highest BCUT2D eigenvalue weighted by molar-refractivity contribution is 8.00. The van der Waals surface area contributed by atoms with Crippen LogP contribution in [0.15, 0.2) is 70.6 Å². The summed E-state index contributed by atoms with van der Waals surface area (Å²) in [7, 11) is 1.38. The average Bonchev–Trinajstić information content (AvgIpc) is 3.28. The van der Waals surface area contributed by atoms with Crippen LogP contribution in [0.5, 0.6) is 5.75 Å². The number of nitrogens with zero attached hydrogens (tertiary/aromatic N) is 4. The monoisotopic (exact) mass is 634 g/mol. The minimum Gasteiger partial charge on any atom is -0.494 e. The van der Waals surface area contributed by atoms with Gasteiger partial charge in [0, 0.05) is 67.8 Å². The van der Waals surface area contributed by atoms with E-state index in [0.29, 0.717) is 22.7 Å². The van der Waals surface area contributed by atoms with E-state index in [-0.39, 0.29) is 40.5 Å². The van der Waals surface area contributed by atoms with Crippen molar-refractivity contribution in [2.75, 3.05) is 39.8 Å². The zero-order chi connectivity index (χ0) is 31.9. The van der Waals surface area contributed by atoms with Crippen molar-refractivity contribution in [1.82, 2.24) is 19.4 Å². The second-order valence-corrected chi connectivity index (χ2v) is 13.9. The summed E-state index contributed by atoms with van der Waals surface area (Å²) in [5.74, 6) is -1.94. The smallest absolute Gasteiger partial charge is 0.260 e. The Bertz CT molecular complexity index is 1750. The highest BCUT2D eigenvalue weighted by Gasteiger charge is 2.44. The van der Waals surface area contributed by atoms with Gasteiger partial charge in [-0.1, -0.05) is 36.0 Å². The predicted molar refractivity (Wildman–Crippen MR) is 171 cm³/mol. The van der Waals surface area contributed by atoms with Crippen LogP contribution in [0.4, 0.5) is 13.2 Å². The molecule has 45 heavy (non-hydrogen) atoms. The average molecular weight is 635 g/mol. The van der Waals surface area contributed by atoms with Crippen molar-refractivity contribution in [3.05, 3.63) is 111 Å². The molecule has 1 atom stereocenters. The normalized spacial score (nSPS) is 18.2. The van der Waals surface area contributed by atoms with Gasteiger partial charge < -0.3 is 4.74 Å². The summed E-state index contributed by atoms with van der Waals surface area (Å²) in [6.45, 7) is 10.7. The first-order valence-electron chi connectivity index (χ1n) is 15.2. The maximum absolute atomic E-state index is 15.8. The van der Waals surface area contributed by atoms with E-state index in [9.17, 15) is 13.6 Å². The van der Waals surface area contributed by atoms with Crippen LogP contribution in [0, 0.1) is 24.4 Å². The fraction of sp³-hybridized carbons (Fsp3) is 0.371. The van der Waals surface area contributed by atoms with E-state index in [1.165, 1.54) is 31.4 Å². The Morgan fingerprint density at radius 3 is 2.29 bits per heavy atom. The van der Waals surface area contributed by atoms with Gasteiger partial charge in [0.2, 0.25) is 0 Å². The van der Waals surface area contributed by atoms with Crippen LogP contribution < -0.4 is 10.3 Å². The van der Waals surface area contributed by atoms with E-state index >= 15 is 4.39 Å². The number of methoxy groups -OCH3 is 1. The zero-order valence-electron chi connectivity index (χ0n) is 25.9. The van der Waals surface area contributed by atoms with Crippen molar-refractivity contribution in [1.29, 1.82) is 0 Å². The minimum absolute atomic E-state index is 0.0216. The lowest BCUT2D eigenvalue weighted by molar-refractivity contribution is 0.108. The Balaban J connectivity index is 1.41. The molecule has 236 valence electrons. The number of thioether (sulfide) groups is 1. The van der Waals surface area contributed by atoms with Crippen LogP contribution in [0.2, 0.25) is 0 Å². The molecule has 10 heteroatoms. The maximum atomic E-state index is 15.8. The summed E-state index contributed by atoms with van der Waals surface area (Å²) in [5.41, 5.74) is 2.06. The van der Waals surface area contributed by atoms with Gasteiger partial charge in [0.15, 0.2) is 11.6 Å². The van der Waals surface area contributed by atoms with Crippen molar-refractivity contribution in [2.45, 2.75) is 49.6 Å². The molecule has 1 saturated heterocycles. The molecule has 0 amide bonds. The molecule has 1 fully saturated rings. The number of aromatic nitrogens is 2. The Labute approximate surface area is 265 Å². The summed E-state index contributed by atoms with van der Waals surface area (Å²) in [4.78, 5) is 23.7. The third-order valence-electron chi connectivity index (χ3n) is 9.09. The molecule has 0 radical (unpaired) electrons. The van der Waals surface area contributed by atoms with Crippen LogP contribution in [0.25, 0.3) is 11.1 Å². The van der Waals surface area contributed by atoms with Gasteiger partial charge in [-0.15, -0.1) is 0 Å². The lowest BCUT2D eigenvalue weighted by Crippen LogP contribution is -2.49. The quantitative estimate of drug-likeness (QED) is 0.221. The maximum Gasteiger partial charge on any atom is 0.260 e. The van der Waals surface area contributed by atoms with Gasteiger partial charge in [-0.2, -0.15) is 0 Å². The molecular formula is C35H37F3N4O2S. The highest BCUT2D eigenvalue weighted by Crippen LogP contribution is 2.51. The molecular weight excluding hydrogens is 597 g/mol. The Hall–Kier alpha value is -3.60. The first kappa shape index (κ1) is 31.4. The number of rotatable bonds is 8. The summed E-state index contributed by atoms with van der Waals surface area (Å²) < 4.78 is 52.3. The van der Waals surface area contributed by atoms with Gasteiger partial charge in [0.1, 0.15) is 11.6 Å². The third-order valence-corrected chi connectivity index (χ3v) is 10.5. The van der Waals surface area contributed by atoms with Gasteiger partial charge in [0.05, 0.1) is 29.4 Å². The fourth-order valence-corrected chi connectivity index (χ4v) is 7.98. The largest absolute Gasteiger partial charge is 0.494 e. The Kier molecular flexibility index (Phi) is 8.83. The molecule has 4 heterocycles. The number of ether oxygens (including phenoxy) is 1. The van der Waals surface area contributed by atoms with Gasteiger partial charge in [-0.3, -0.25) is 24.1 Å². The first-order chi connectivity index (χ1) is 21.6. The fourth-order valence-electron chi connectivity index (χ4n) is 6.51. The molecule has 1 unspecified atom stereocenters. The van der Waals surface area contributed by atoms with Crippen molar-refractivity contribution in [2.24, 2.45) is 0 Å². The number of hydrogen-bond donors (Lipinski definition) is 0. The Morgan fingerprint density at radius 2 is 1.62 bits per heavy atom. The van der Waals surface area contributed by atoms with Crippen molar-refractivity contribution < 1.29 is 17.9 Å². The molecule has 0 spiro atoms. The number of benzene rings is 2. The topological polar surface area (TPSA) is 50.6 Å². The number of piperazine rings is 1. The summed E-state index contributed by atoms with van der Waals surface area (Å²) in [6.07, 6.45) is 1.74. The highest BCUT2D eigenvalue weighted by atomic mass is 32.2. The third kappa shape index (κ3) is 6.03. The van der Waals surface area contributed by atoms with Crippen molar-refractivity contribution in [3.63, 3.8) is 0 Å². The van der Waals surface area contributed by atoms with E-state index in [4.69, 9.17) is 4.74 Å². The van der Waals surface area contributed by atoms with E-state index in [0.717, 1.165) is 38.4 Å². The van der Waals surface area contributed by atoms with Crippen molar-refractivity contribution >= 4 is 11.8 Å². The number of hydrogen-bond acceptors (Lipinski definition) is 6. The van der Waals surface area contributed by atoms with Crippen LogP contribution >= 0.6 is 11.8 Å². The standard InChI is InChI=1S/C35H37F3N4O2S/c1-22-25(19-26-27(36)11-8-12-28(26)37)34-42(33(43)31(22)24-10-7-13-29(44-4)32(24)38)30(35(2,3)45-34)21-41-17-15-40(16-18-41)20-23-9-5-6-14-39-23/h5-14,30H,15-21H2,1-4H3. The molecule has 0 bridgehead atoms. The number of halogens is 3. The van der Waals surface area contributed by atoms with Gasteiger partial charge in [0.25, 0.3) is 5.56 Å². The number of fused-ring (bicyclic) bond motifs is 1. The van der Waals surface area contributed by atoms with Gasteiger partial charge >= 0.3 is 0 Å². The molecule has 6 rings (SSSR count). The van der Waals surface area contributed by atoms with E-state index in [1.807, 2.05) is 24.4 Å². The van der Waals surface area contributed by atoms with Gasteiger partial charge in [-0.25, -0.2) is 13.2 Å². The SMILES string of the molecule is COc1cccc(-c2c(C)c(Cc3c(F)cccc3F)c3n(c2=O)C(CN2CCN(Cc4ccccn4)CC2)C(C)(C)S3)c1F. The molecule has 2 aromatic heterocycles. The first-order valence-corrected chi connectivity index (χ1v) is 16.0. The zero-order valence-corrected chi connectivity index (χ0v) is 26.8.